The van der Waals surface area contributed by atoms with Gasteiger partial charge in [0.05, 0.1) is 18.0 Å². The highest BCUT2D eigenvalue weighted by Gasteiger charge is 2.32. The first-order chi connectivity index (χ1) is 9.28. The Balaban J connectivity index is 2.38. The summed E-state index contributed by atoms with van der Waals surface area (Å²) in [5, 5.41) is 10.4. The second-order valence-electron chi connectivity index (χ2n) is 4.35. The Bertz CT molecular complexity index is 607. The van der Waals surface area contributed by atoms with Crippen LogP contribution in [0.4, 0.5) is 23.2 Å². The molecule has 1 heterocycles. The minimum atomic E-state index is -4.36. The number of anilines is 1. The molecule has 0 radical (unpaired) electrons. The fourth-order valence-corrected chi connectivity index (χ4v) is 1.80. The minimum absolute atomic E-state index is 0.00164. The first kappa shape index (κ1) is 14.2. The Hall–Kier alpha value is -2.19. The summed E-state index contributed by atoms with van der Waals surface area (Å²) in [5.74, 6) is -0.764. The molecule has 1 atom stereocenters. The minimum Gasteiger partial charge on any atom is -0.399 e. The molecular formula is C11H11F4N5. The highest BCUT2D eigenvalue weighted by Crippen LogP contribution is 2.30. The lowest BCUT2D eigenvalue weighted by atomic mass is 10.1. The number of nitrogen functional groups attached to an aromatic ring is 1. The molecule has 0 fully saturated rings. The van der Waals surface area contributed by atoms with Crippen LogP contribution in [0, 0.1) is 5.82 Å². The van der Waals surface area contributed by atoms with Crippen LogP contribution in [-0.2, 0) is 0 Å². The molecule has 0 bridgehead atoms. The lowest BCUT2D eigenvalue weighted by molar-refractivity contribution is -0.142. The van der Waals surface area contributed by atoms with Crippen LogP contribution in [0.15, 0.2) is 18.2 Å². The summed E-state index contributed by atoms with van der Waals surface area (Å²) in [6.07, 6.45) is -5.47. The van der Waals surface area contributed by atoms with Gasteiger partial charge in [-0.25, -0.2) is 9.07 Å². The fourth-order valence-electron chi connectivity index (χ4n) is 1.80. The fraction of sp³-hybridized carbons (Fsp3) is 0.364. The monoisotopic (exact) mass is 289 g/mol. The van der Waals surface area contributed by atoms with Crippen LogP contribution >= 0.6 is 0 Å². The standard InChI is InChI=1S/C11H11F4N5/c1-6(5-11(13,14)15)20-10(17-18-19-20)8-3-2-7(16)4-9(8)12/h2-4,6H,5,16H2,1H3. The van der Waals surface area contributed by atoms with E-state index in [2.05, 4.69) is 15.5 Å². The van der Waals surface area contributed by atoms with Crippen molar-refractivity contribution in [3.05, 3.63) is 24.0 Å². The van der Waals surface area contributed by atoms with Crippen LogP contribution in [0.5, 0.6) is 0 Å². The third-order valence-corrected chi connectivity index (χ3v) is 2.67. The largest absolute Gasteiger partial charge is 0.399 e. The van der Waals surface area contributed by atoms with E-state index in [0.717, 1.165) is 10.7 Å². The number of rotatable bonds is 3. The summed E-state index contributed by atoms with van der Waals surface area (Å²) >= 11 is 0. The van der Waals surface area contributed by atoms with E-state index in [9.17, 15) is 17.6 Å². The zero-order valence-electron chi connectivity index (χ0n) is 10.4. The van der Waals surface area contributed by atoms with E-state index in [1.54, 1.807) is 0 Å². The first-order valence-electron chi connectivity index (χ1n) is 5.68. The second-order valence-corrected chi connectivity index (χ2v) is 4.35. The van der Waals surface area contributed by atoms with E-state index in [0.29, 0.717) is 0 Å². The third kappa shape index (κ3) is 3.03. The summed E-state index contributed by atoms with van der Waals surface area (Å²) in [7, 11) is 0. The number of hydrogen-bond donors (Lipinski definition) is 1. The van der Waals surface area contributed by atoms with Gasteiger partial charge in [0.2, 0.25) is 0 Å². The van der Waals surface area contributed by atoms with Crippen molar-refractivity contribution in [2.24, 2.45) is 0 Å². The van der Waals surface area contributed by atoms with E-state index in [4.69, 9.17) is 5.73 Å². The molecule has 1 aromatic heterocycles. The Labute approximate surface area is 111 Å². The molecule has 1 aromatic carbocycles. The molecule has 1 unspecified atom stereocenters. The topological polar surface area (TPSA) is 69.6 Å². The number of nitrogens with zero attached hydrogens (tertiary/aromatic N) is 4. The van der Waals surface area contributed by atoms with Gasteiger partial charge in [0.25, 0.3) is 0 Å². The lowest BCUT2D eigenvalue weighted by Crippen LogP contribution is -2.18. The molecule has 2 rings (SSSR count). The molecule has 0 spiro atoms. The highest BCUT2D eigenvalue weighted by molar-refractivity contribution is 5.59. The molecule has 2 aromatic rings. The predicted octanol–water partition coefficient (Wildman–Crippen LogP) is 2.57. The number of nitrogens with two attached hydrogens (primary N) is 1. The van der Waals surface area contributed by atoms with Crippen LogP contribution in [-0.4, -0.2) is 26.4 Å². The highest BCUT2D eigenvalue weighted by atomic mass is 19.4. The van der Waals surface area contributed by atoms with Crippen molar-refractivity contribution in [3.8, 4) is 11.4 Å². The Kier molecular flexibility index (Phi) is 3.60. The number of alkyl halides is 3. The van der Waals surface area contributed by atoms with Gasteiger partial charge in [-0.05, 0) is 35.5 Å². The number of benzene rings is 1. The zero-order valence-corrected chi connectivity index (χ0v) is 10.4. The van der Waals surface area contributed by atoms with Crippen LogP contribution in [0.1, 0.15) is 19.4 Å². The van der Waals surface area contributed by atoms with E-state index < -0.39 is 24.5 Å². The quantitative estimate of drug-likeness (QED) is 0.696. The molecule has 20 heavy (non-hydrogen) atoms. The van der Waals surface area contributed by atoms with Crippen molar-refractivity contribution >= 4 is 5.69 Å². The maximum Gasteiger partial charge on any atom is 0.391 e. The normalized spacial score (nSPS) is 13.4. The third-order valence-electron chi connectivity index (χ3n) is 2.67. The van der Waals surface area contributed by atoms with Gasteiger partial charge in [0.15, 0.2) is 5.82 Å². The number of halogens is 4. The van der Waals surface area contributed by atoms with E-state index in [-0.39, 0.29) is 17.1 Å². The maximum atomic E-state index is 13.8. The summed E-state index contributed by atoms with van der Waals surface area (Å²) < 4.78 is 51.9. The predicted molar refractivity (Wildman–Crippen MR) is 63.0 cm³/mol. The summed E-state index contributed by atoms with van der Waals surface area (Å²) in [6.45, 7) is 1.31. The lowest BCUT2D eigenvalue weighted by Gasteiger charge is -2.15. The molecule has 108 valence electrons. The van der Waals surface area contributed by atoms with Crippen LogP contribution in [0.3, 0.4) is 0 Å². The summed E-state index contributed by atoms with van der Waals surface area (Å²) in [5.41, 5.74) is 5.62. The van der Waals surface area contributed by atoms with Crippen molar-refractivity contribution in [3.63, 3.8) is 0 Å². The van der Waals surface area contributed by atoms with Crippen molar-refractivity contribution in [2.75, 3.05) is 5.73 Å². The summed E-state index contributed by atoms with van der Waals surface area (Å²) in [4.78, 5) is 0. The van der Waals surface area contributed by atoms with Crippen molar-refractivity contribution in [2.45, 2.75) is 25.6 Å². The molecule has 0 saturated heterocycles. The van der Waals surface area contributed by atoms with Gasteiger partial charge in [-0.1, -0.05) is 0 Å². The Morgan fingerprint density at radius 2 is 2.05 bits per heavy atom. The smallest absolute Gasteiger partial charge is 0.391 e. The van der Waals surface area contributed by atoms with Gasteiger partial charge in [0.1, 0.15) is 5.82 Å². The Morgan fingerprint density at radius 1 is 1.35 bits per heavy atom. The average molecular weight is 289 g/mol. The first-order valence-corrected chi connectivity index (χ1v) is 5.68. The molecule has 0 saturated carbocycles. The van der Waals surface area contributed by atoms with Crippen molar-refractivity contribution < 1.29 is 17.6 Å². The molecular weight excluding hydrogens is 278 g/mol. The van der Waals surface area contributed by atoms with Gasteiger partial charge in [-0.3, -0.25) is 0 Å². The second kappa shape index (κ2) is 5.06. The molecule has 0 amide bonds. The molecule has 0 aliphatic carbocycles. The summed E-state index contributed by atoms with van der Waals surface area (Å²) in [6, 6.07) is 2.76. The van der Waals surface area contributed by atoms with Gasteiger partial charge in [-0.15, -0.1) is 5.10 Å². The van der Waals surface area contributed by atoms with Crippen molar-refractivity contribution in [1.29, 1.82) is 0 Å². The average Bonchev–Trinajstić information content (AvgIpc) is 2.75. The van der Waals surface area contributed by atoms with E-state index in [1.807, 2.05) is 0 Å². The SMILES string of the molecule is CC(CC(F)(F)F)n1nnnc1-c1ccc(N)cc1F. The van der Waals surface area contributed by atoms with Crippen LogP contribution in [0.25, 0.3) is 11.4 Å². The van der Waals surface area contributed by atoms with Gasteiger partial charge >= 0.3 is 6.18 Å². The Morgan fingerprint density at radius 3 is 2.65 bits per heavy atom. The van der Waals surface area contributed by atoms with Gasteiger partial charge in [0, 0.05) is 5.69 Å². The molecule has 0 aliphatic rings. The number of aromatic nitrogens is 4. The molecule has 5 nitrogen and oxygen atoms in total. The van der Waals surface area contributed by atoms with E-state index in [1.165, 1.54) is 19.1 Å². The molecule has 0 aliphatic heterocycles. The van der Waals surface area contributed by atoms with Crippen LogP contribution in [0.2, 0.25) is 0 Å². The van der Waals surface area contributed by atoms with Crippen molar-refractivity contribution in [1.82, 2.24) is 20.2 Å². The zero-order chi connectivity index (χ0) is 14.9. The molecule has 9 heteroatoms. The number of hydrogen-bond acceptors (Lipinski definition) is 4. The van der Waals surface area contributed by atoms with E-state index >= 15 is 0 Å². The van der Waals surface area contributed by atoms with Gasteiger partial charge in [-0.2, -0.15) is 13.2 Å². The van der Waals surface area contributed by atoms with Gasteiger partial charge < -0.3 is 5.73 Å². The number of tetrazole rings is 1. The van der Waals surface area contributed by atoms with Crippen LogP contribution < -0.4 is 5.73 Å². The maximum absolute atomic E-state index is 13.8. The molecule has 2 N–H and O–H groups in total.